The number of hydrogen-bond donors (Lipinski definition) is 2. The predicted molar refractivity (Wildman–Crippen MR) is 78.7 cm³/mol. The van der Waals surface area contributed by atoms with E-state index < -0.39 is 11.9 Å². The minimum atomic E-state index is -0.505. The average Bonchev–Trinajstić information content (AvgIpc) is 2.38. The van der Waals surface area contributed by atoms with Crippen molar-refractivity contribution < 1.29 is 9.18 Å². The summed E-state index contributed by atoms with van der Waals surface area (Å²) in [5.41, 5.74) is 6.14. The van der Waals surface area contributed by atoms with Crippen molar-refractivity contribution in [1.29, 1.82) is 0 Å². The van der Waals surface area contributed by atoms with Gasteiger partial charge in [0, 0.05) is 19.2 Å². The topological polar surface area (TPSA) is 58.4 Å². The van der Waals surface area contributed by atoms with Crippen molar-refractivity contribution in [3.05, 3.63) is 29.6 Å². The third-order valence-electron chi connectivity index (χ3n) is 2.85. The van der Waals surface area contributed by atoms with Gasteiger partial charge < -0.3 is 16.0 Å². The number of likely N-dealkylation sites (N-methyl/N-ethyl adjacent to an activating group) is 1. The normalized spacial score (nSPS) is 11.8. The lowest BCUT2D eigenvalue weighted by Crippen LogP contribution is -2.39. The number of anilines is 1. The summed E-state index contributed by atoms with van der Waals surface area (Å²) < 4.78 is 13.8. The molecule has 6 heteroatoms. The second-order valence-electron chi connectivity index (χ2n) is 4.28. The molecule has 0 heterocycles. The summed E-state index contributed by atoms with van der Waals surface area (Å²) in [6.45, 7) is 4.17. The van der Waals surface area contributed by atoms with E-state index in [1.807, 2.05) is 6.92 Å². The molecule has 1 rings (SSSR count). The van der Waals surface area contributed by atoms with Crippen molar-refractivity contribution >= 4 is 28.8 Å². The first-order chi connectivity index (χ1) is 8.86. The number of amides is 1. The molecule has 0 fully saturated rings. The minimum absolute atomic E-state index is 0.0969. The van der Waals surface area contributed by atoms with Crippen molar-refractivity contribution in [2.24, 2.45) is 5.73 Å². The van der Waals surface area contributed by atoms with Crippen LogP contribution in [0, 0.1) is 5.82 Å². The molecule has 0 saturated heterocycles. The van der Waals surface area contributed by atoms with Gasteiger partial charge in [0.25, 0.3) is 0 Å². The van der Waals surface area contributed by atoms with E-state index in [4.69, 9.17) is 18.0 Å². The molecule has 0 aliphatic carbocycles. The Morgan fingerprint density at radius 2 is 2.21 bits per heavy atom. The molecule has 1 unspecified atom stereocenters. The summed E-state index contributed by atoms with van der Waals surface area (Å²) in [6, 6.07) is 3.90. The van der Waals surface area contributed by atoms with E-state index in [1.54, 1.807) is 24.9 Å². The average molecular weight is 283 g/mol. The fourth-order valence-electron chi connectivity index (χ4n) is 1.57. The van der Waals surface area contributed by atoms with E-state index in [1.165, 1.54) is 12.1 Å². The van der Waals surface area contributed by atoms with Gasteiger partial charge in [0.2, 0.25) is 5.91 Å². The summed E-state index contributed by atoms with van der Waals surface area (Å²) in [5.74, 6) is -0.579. The Hall–Kier alpha value is -1.69. The Kier molecular flexibility index (Phi) is 5.23. The molecule has 0 aromatic heterocycles. The fourth-order valence-corrected chi connectivity index (χ4v) is 1.69. The first kappa shape index (κ1) is 15.4. The largest absolute Gasteiger partial charge is 0.389 e. The molecule has 19 heavy (non-hydrogen) atoms. The van der Waals surface area contributed by atoms with E-state index in [-0.39, 0.29) is 16.6 Å². The molecule has 1 aromatic carbocycles. The third kappa shape index (κ3) is 3.89. The molecule has 0 bridgehead atoms. The smallest absolute Gasteiger partial charge is 0.244 e. The molecule has 0 aliphatic heterocycles. The quantitative estimate of drug-likeness (QED) is 0.808. The second kappa shape index (κ2) is 6.47. The van der Waals surface area contributed by atoms with Crippen LogP contribution < -0.4 is 11.1 Å². The van der Waals surface area contributed by atoms with Crippen LogP contribution in [0.5, 0.6) is 0 Å². The highest BCUT2D eigenvalue weighted by Gasteiger charge is 2.17. The molecular weight excluding hydrogens is 265 g/mol. The van der Waals surface area contributed by atoms with E-state index in [0.717, 1.165) is 0 Å². The Labute approximate surface area is 117 Å². The van der Waals surface area contributed by atoms with Crippen molar-refractivity contribution in [2.45, 2.75) is 19.9 Å². The number of thiocarbonyl (C=S) groups is 1. The lowest BCUT2D eigenvalue weighted by Gasteiger charge is -2.21. The Balaban J connectivity index is 2.83. The number of rotatable bonds is 5. The molecule has 0 spiro atoms. The van der Waals surface area contributed by atoms with Gasteiger partial charge in [0.15, 0.2) is 0 Å². The number of nitrogens with two attached hydrogens (primary N) is 1. The van der Waals surface area contributed by atoms with Crippen LogP contribution >= 0.6 is 12.2 Å². The van der Waals surface area contributed by atoms with Crippen molar-refractivity contribution in [3.8, 4) is 0 Å². The highest BCUT2D eigenvalue weighted by molar-refractivity contribution is 7.80. The summed E-state index contributed by atoms with van der Waals surface area (Å²) in [5, 5.41) is 2.84. The molecule has 0 radical (unpaired) electrons. The van der Waals surface area contributed by atoms with Gasteiger partial charge in [-0.25, -0.2) is 4.39 Å². The van der Waals surface area contributed by atoms with Gasteiger partial charge in [-0.1, -0.05) is 12.2 Å². The first-order valence-corrected chi connectivity index (χ1v) is 6.38. The van der Waals surface area contributed by atoms with Crippen LogP contribution in [0.3, 0.4) is 0 Å². The molecular formula is C13H18FN3OS. The number of hydrogen-bond acceptors (Lipinski definition) is 3. The second-order valence-corrected chi connectivity index (χ2v) is 4.72. The highest BCUT2D eigenvalue weighted by atomic mass is 32.1. The molecule has 0 saturated carbocycles. The SMILES string of the molecule is CCN(C)C(=O)C(C)Nc1ccc(C(N)=S)cc1F. The summed E-state index contributed by atoms with van der Waals surface area (Å²) >= 11 is 4.77. The van der Waals surface area contributed by atoms with Crippen LogP contribution in [0.4, 0.5) is 10.1 Å². The van der Waals surface area contributed by atoms with Crippen molar-refractivity contribution in [1.82, 2.24) is 4.90 Å². The molecule has 1 atom stereocenters. The zero-order chi connectivity index (χ0) is 14.6. The number of nitrogens with one attached hydrogen (secondary N) is 1. The van der Waals surface area contributed by atoms with Crippen LogP contribution in [0.1, 0.15) is 19.4 Å². The summed E-state index contributed by atoms with van der Waals surface area (Å²) in [6.07, 6.45) is 0. The fraction of sp³-hybridized carbons (Fsp3) is 0.385. The zero-order valence-corrected chi connectivity index (χ0v) is 12.1. The third-order valence-corrected chi connectivity index (χ3v) is 3.08. The molecule has 1 amide bonds. The maximum Gasteiger partial charge on any atom is 0.244 e. The first-order valence-electron chi connectivity index (χ1n) is 5.97. The van der Waals surface area contributed by atoms with Crippen LogP contribution in [0.15, 0.2) is 18.2 Å². The molecule has 0 aliphatic rings. The molecule has 104 valence electrons. The molecule has 3 N–H and O–H groups in total. The van der Waals surface area contributed by atoms with Gasteiger partial charge in [-0.3, -0.25) is 4.79 Å². The molecule has 1 aromatic rings. The maximum atomic E-state index is 13.8. The number of carbonyl (C=O) groups excluding carboxylic acids is 1. The van der Waals surface area contributed by atoms with E-state index in [9.17, 15) is 9.18 Å². The summed E-state index contributed by atoms with van der Waals surface area (Å²) in [4.78, 5) is 13.6. The van der Waals surface area contributed by atoms with E-state index in [0.29, 0.717) is 12.1 Å². The van der Waals surface area contributed by atoms with Gasteiger partial charge in [-0.15, -0.1) is 0 Å². The Morgan fingerprint density at radius 1 is 1.58 bits per heavy atom. The van der Waals surface area contributed by atoms with Crippen LogP contribution in [-0.4, -0.2) is 35.4 Å². The van der Waals surface area contributed by atoms with Crippen molar-refractivity contribution in [2.75, 3.05) is 18.9 Å². The van der Waals surface area contributed by atoms with Gasteiger partial charge >= 0.3 is 0 Å². The van der Waals surface area contributed by atoms with Crippen LogP contribution in [0.2, 0.25) is 0 Å². The number of nitrogens with zero attached hydrogens (tertiary/aromatic N) is 1. The van der Waals surface area contributed by atoms with Gasteiger partial charge in [-0.2, -0.15) is 0 Å². The van der Waals surface area contributed by atoms with E-state index in [2.05, 4.69) is 5.32 Å². The van der Waals surface area contributed by atoms with Gasteiger partial charge in [0.1, 0.15) is 16.8 Å². The minimum Gasteiger partial charge on any atom is -0.389 e. The van der Waals surface area contributed by atoms with Crippen LogP contribution in [0.25, 0.3) is 0 Å². The van der Waals surface area contributed by atoms with Gasteiger partial charge in [-0.05, 0) is 32.0 Å². The van der Waals surface area contributed by atoms with Crippen LogP contribution in [-0.2, 0) is 4.79 Å². The zero-order valence-electron chi connectivity index (χ0n) is 11.2. The maximum absolute atomic E-state index is 13.8. The lowest BCUT2D eigenvalue weighted by atomic mass is 10.1. The van der Waals surface area contributed by atoms with E-state index >= 15 is 0 Å². The Bertz CT molecular complexity index is 493. The monoisotopic (exact) mass is 283 g/mol. The van der Waals surface area contributed by atoms with Gasteiger partial charge in [0.05, 0.1) is 5.69 Å². The number of carbonyl (C=O) groups is 1. The van der Waals surface area contributed by atoms with Crippen molar-refractivity contribution in [3.63, 3.8) is 0 Å². The predicted octanol–water partition coefficient (Wildman–Crippen LogP) is 1.74. The molecule has 4 nitrogen and oxygen atoms in total. The highest BCUT2D eigenvalue weighted by Crippen LogP contribution is 2.17. The lowest BCUT2D eigenvalue weighted by molar-refractivity contribution is -0.130. The Morgan fingerprint density at radius 3 is 2.68 bits per heavy atom. The standard InChI is InChI=1S/C13H18FN3OS/c1-4-17(3)13(18)8(2)16-11-6-5-9(12(15)19)7-10(11)14/h5-8,16H,4H2,1-3H3,(H2,15,19). The number of halogens is 1. The number of benzene rings is 1. The summed E-state index contributed by atoms with van der Waals surface area (Å²) in [7, 11) is 1.70.